The molecule has 1 N–H and O–H groups in total. The Balaban J connectivity index is 1.26. The van der Waals surface area contributed by atoms with Gasteiger partial charge in [0.2, 0.25) is 0 Å². The molecule has 33 heavy (non-hydrogen) atoms. The standard InChI is InChI=1S/C25H25ClN6O/c1-30-14-17-12-18(26)6-7-22(17)32-23(15-30)28-29-24(32)16-8-10-31(11-9-16)25(33)20-13-27-21-5-3-2-4-19(20)21/h2-7,12-13,16,27H,8-11,14-15H2,1H3. The van der Waals surface area contributed by atoms with Crippen LogP contribution in [0.15, 0.2) is 48.7 Å². The third-order valence-electron chi connectivity index (χ3n) is 6.86. The molecule has 1 amide bonds. The van der Waals surface area contributed by atoms with Crippen molar-refractivity contribution in [1.82, 2.24) is 29.5 Å². The number of hydrogen-bond donors (Lipinski definition) is 1. The van der Waals surface area contributed by atoms with E-state index in [1.54, 1.807) is 0 Å². The molecule has 1 saturated heterocycles. The number of amides is 1. The van der Waals surface area contributed by atoms with E-state index < -0.39 is 0 Å². The van der Waals surface area contributed by atoms with Crippen molar-refractivity contribution in [3.05, 3.63) is 76.5 Å². The summed E-state index contributed by atoms with van der Waals surface area (Å²) in [5.74, 6) is 2.28. The number of halogens is 1. The first kappa shape index (κ1) is 20.4. The van der Waals surface area contributed by atoms with Gasteiger partial charge in [0.25, 0.3) is 5.91 Å². The second-order valence-electron chi connectivity index (χ2n) is 9.07. The Morgan fingerprint density at radius 1 is 1.09 bits per heavy atom. The minimum absolute atomic E-state index is 0.0904. The van der Waals surface area contributed by atoms with Crippen LogP contribution in [0.2, 0.25) is 5.02 Å². The van der Waals surface area contributed by atoms with E-state index in [9.17, 15) is 4.79 Å². The maximum atomic E-state index is 13.2. The Hall–Kier alpha value is -3.16. The first-order valence-electron chi connectivity index (χ1n) is 11.4. The van der Waals surface area contributed by atoms with Crippen LogP contribution in [-0.2, 0) is 13.1 Å². The molecule has 2 aromatic heterocycles. The van der Waals surface area contributed by atoms with Gasteiger partial charge in [-0.15, -0.1) is 10.2 Å². The maximum Gasteiger partial charge on any atom is 0.256 e. The molecule has 0 atom stereocenters. The van der Waals surface area contributed by atoms with E-state index in [-0.39, 0.29) is 11.8 Å². The highest BCUT2D eigenvalue weighted by Crippen LogP contribution is 2.34. The summed E-state index contributed by atoms with van der Waals surface area (Å²) in [6.45, 7) is 2.96. The van der Waals surface area contributed by atoms with Crippen LogP contribution >= 0.6 is 11.6 Å². The molecule has 0 saturated carbocycles. The number of fused-ring (bicyclic) bond motifs is 4. The second-order valence-corrected chi connectivity index (χ2v) is 9.51. The van der Waals surface area contributed by atoms with Crippen LogP contribution in [0.3, 0.4) is 0 Å². The molecule has 2 aromatic carbocycles. The predicted molar refractivity (Wildman–Crippen MR) is 128 cm³/mol. The molecule has 2 aliphatic heterocycles. The monoisotopic (exact) mass is 460 g/mol. The van der Waals surface area contributed by atoms with Gasteiger partial charge in [0, 0.05) is 47.7 Å². The van der Waals surface area contributed by atoms with Gasteiger partial charge in [-0.25, -0.2) is 0 Å². The number of likely N-dealkylation sites (tertiary alicyclic amines) is 1. The van der Waals surface area contributed by atoms with Crippen LogP contribution in [0.1, 0.15) is 46.3 Å². The average Bonchev–Trinajstić information content (AvgIpc) is 3.40. The SMILES string of the molecule is CN1Cc2cc(Cl)ccc2-n2c(nnc2C2CCN(C(=O)c3c[nH]c4ccccc34)CC2)C1. The molecular weight excluding hydrogens is 436 g/mol. The number of H-pyrrole nitrogens is 1. The van der Waals surface area contributed by atoms with Crippen LogP contribution in [0.5, 0.6) is 0 Å². The van der Waals surface area contributed by atoms with Crippen molar-refractivity contribution in [2.75, 3.05) is 20.1 Å². The summed E-state index contributed by atoms with van der Waals surface area (Å²) in [4.78, 5) is 20.6. The normalized spacial score (nSPS) is 17.1. The third-order valence-corrected chi connectivity index (χ3v) is 7.09. The summed E-state index contributed by atoms with van der Waals surface area (Å²) in [5, 5.41) is 10.9. The molecule has 0 radical (unpaired) electrons. The Kier molecular flexibility index (Phi) is 4.96. The third kappa shape index (κ3) is 3.52. The Bertz CT molecular complexity index is 1350. The average molecular weight is 461 g/mol. The summed E-state index contributed by atoms with van der Waals surface area (Å²) in [6.07, 6.45) is 3.56. The lowest BCUT2D eigenvalue weighted by atomic mass is 9.95. The largest absolute Gasteiger partial charge is 0.360 e. The lowest BCUT2D eigenvalue weighted by Gasteiger charge is -2.31. The molecule has 1 fully saturated rings. The van der Waals surface area contributed by atoms with Gasteiger partial charge in [-0.1, -0.05) is 29.8 Å². The van der Waals surface area contributed by atoms with Gasteiger partial charge in [0.05, 0.1) is 17.8 Å². The quantitative estimate of drug-likeness (QED) is 0.482. The molecule has 0 spiro atoms. The summed E-state index contributed by atoms with van der Waals surface area (Å²) in [5.41, 5.74) is 4.02. The van der Waals surface area contributed by atoms with Crippen LogP contribution in [0.4, 0.5) is 0 Å². The summed E-state index contributed by atoms with van der Waals surface area (Å²) in [6, 6.07) is 14.0. The zero-order chi connectivity index (χ0) is 22.5. The maximum absolute atomic E-state index is 13.2. The molecular formula is C25H25ClN6O. The van der Waals surface area contributed by atoms with Crippen molar-refractivity contribution in [1.29, 1.82) is 0 Å². The predicted octanol–water partition coefficient (Wildman–Crippen LogP) is 4.37. The Morgan fingerprint density at radius 3 is 2.76 bits per heavy atom. The molecule has 4 heterocycles. The number of carbonyl (C=O) groups excluding carboxylic acids is 1. The molecule has 4 aromatic rings. The highest BCUT2D eigenvalue weighted by atomic mass is 35.5. The number of piperidine rings is 1. The van der Waals surface area contributed by atoms with E-state index in [0.29, 0.717) is 13.1 Å². The molecule has 0 bridgehead atoms. The van der Waals surface area contributed by atoms with Crippen molar-refractivity contribution in [2.45, 2.75) is 31.8 Å². The first-order valence-corrected chi connectivity index (χ1v) is 11.7. The number of benzene rings is 2. The van der Waals surface area contributed by atoms with Crippen molar-refractivity contribution < 1.29 is 4.79 Å². The zero-order valence-corrected chi connectivity index (χ0v) is 19.2. The lowest BCUT2D eigenvalue weighted by Crippen LogP contribution is -2.38. The van der Waals surface area contributed by atoms with Gasteiger partial charge in [0.1, 0.15) is 5.82 Å². The van der Waals surface area contributed by atoms with Gasteiger partial charge in [-0.2, -0.15) is 0 Å². The fourth-order valence-electron chi connectivity index (χ4n) is 5.21. The van der Waals surface area contributed by atoms with E-state index in [0.717, 1.165) is 64.8 Å². The van der Waals surface area contributed by atoms with E-state index in [4.69, 9.17) is 11.6 Å². The van der Waals surface area contributed by atoms with Crippen LogP contribution in [-0.4, -0.2) is 55.6 Å². The number of para-hydroxylation sites is 1. The number of aromatic amines is 1. The molecule has 7 nitrogen and oxygen atoms in total. The summed E-state index contributed by atoms with van der Waals surface area (Å²) < 4.78 is 2.22. The molecule has 0 unspecified atom stereocenters. The fraction of sp³-hybridized carbons (Fsp3) is 0.320. The van der Waals surface area contributed by atoms with Crippen LogP contribution in [0, 0.1) is 0 Å². The first-order chi connectivity index (χ1) is 16.1. The second kappa shape index (κ2) is 8.01. The van der Waals surface area contributed by atoms with Gasteiger partial charge in [0.15, 0.2) is 5.82 Å². The highest BCUT2D eigenvalue weighted by Gasteiger charge is 2.31. The van der Waals surface area contributed by atoms with Crippen molar-refractivity contribution in [3.8, 4) is 5.69 Å². The van der Waals surface area contributed by atoms with Gasteiger partial charge < -0.3 is 9.88 Å². The van der Waals surface area contributed by atoms with E-state index in [2.05, 4.69) is 37.8 Å². The smallest absolute Gasteiger partial charge is 0.256 e. The summed E-state index contributed by atoms with van der Waals surface area (Å²) >= 11 is 6.29. The number of hydrogen-bond acceptors (Lipinski definition) is 4. The number of aromatic nitrogens is 4. The Labute approximate surface area is 197 Å². The minimum atomic E-state index is 0.0904. The zero-order valence-electron chi connectivity index (χ0n) is 18.5. The molecule has 2 aliphatic rings. The lowest BCUT2D eigenvalue weighted by molar-refractivity contribution is 0.0712. The minimum Gasteiger partial charge on any atom is -0.360 e. The van der Waals surface area contributed by atoms with Crippen molar-refractivity contribution >= 4 is 28.4 Å². The molecule has 0 aliphatic carbocycles. The Morgan fingerprint density at radius 2 is 1.91 bits per heavy atom. The number of nitrogens with zero attached hydrogens (tertiary/aromatic N) is 5. The summed E-state index contributed by atoms with van der Waals surface area (Å²) in [7, 11) is 2.09. The fourth-order valence-corrected chi connectivity index (χ4v) is 5.40. The van der Waals surface area contributed by atoms with Gasteiger partial charge >= 0.3 is 0 Å². The topological polar surface area (TPSA) is 70.1 Å². The molecule has 8 heteroatoms. The van der Waals surface area contributed by atoms with Crippen molar-refractivity contribution in [3.63, 3.8) is 0 Å². The highest BCUT2D eigenvalue weighted by molar-refractivity contribution is 6.30. The van der Waals surface area contributed by atoms with Gasteiger partial charge in [-0.05, 0) is 49.7 Å². The van der Waals surface area contributed by atoms with Crippen molar-refractivity contribution in [2.24, 2.45) is 0 Å². The van der Waals surface area contributed by atoms with E-state index in [1.807, 2.05) is 47.5 Å². The number of nitrogens with one attached hydrogen (secondary N) is 1. The van der Waals surface area contributed by atoms with E-state index in [1.165, 1.54) is 5.56 Å². The molecule has 6 rings (SSSR count). The van der Waals surface area contributed by atoms with Crippen LogP contribution in [0.25, 0.3) is 16.6 Å². The molecule has 168 valence electrons. The van der Waals surface area contributed by atoms with Gasteiger partial charge in [-0.3, -0.25) is 14.3 Å². The number of carbonyl (C=O) groups is 1. The number of rotatable bonds is 2. The van der Waals surface area contributed by atoms with Crippen LogP contribution < -0.4 is 0 Å². The van der Waals surface area contributed by atoms with E-state index >= 15 is 0 Å².